The van der Waals surface area contributed by atoms with Crippen molar-refractivity contribution in [1.29, 1.82) is 0 Å². The average Bonchev–Trinajstić information content (AvgIpc) is 1.91. The molecule has 3 nitrogen and oxygen atoms in total. The van der Waals surface area contributed by atoms with E-state index in [-0.39, 0.29) is 12.2 Å². The minimum Gasteiger partial charge on any atom is -0.469 e. The summed E-state index contributed by atoms with van der Waals surface area (Å²) in [6.45, 7) is 1.34. The number of ether oxygens (including phenoxy) is 1. The normalized spacial score (nSPS) is 7.20. The second kappa shape index (κ2) is 9.60. The zero-order chi connectivity index (χ0) is 8.57. The molecule has 0 aromatic carbocycles. The molecule has 0 aromatic rings. The number of carbonyl (C=O) groups excluding carboxylic acids is 2. The molecule has 0 aromatic heterocycles. The van der Waals surface area contributed by atoms with Crippen molar-refractivity contribution in [2.75, 3.05) is 7.11 Å². The lowest BCUT2D eigenvalue weighted by Crippen LogP contribution is -2.05. The Morgan fingerprint density at radius 1 is 1.40 bits per heavy atom. The van der Waals surface area contributed by atoms with Crippen LogP contribution in [0.5, 0.6) is 0 Å². The first-order chi connectivity index (χ1) is 4.66. The highest BCUT2D eigenvalue weighted by atomic mass is 128. The average molecular weight is 370 g/mol. The van der Waals surface area contributed by atoms with Crippen LogP contribution in [0.4, 0.5) is 0 Å². The summed E-state index contributed by atoms with van der Waals surface area (Å²) in [4.78, 5) is 20.3. The lowest BCUT2D eigenvalue weighted by molar-refractivity contribution is -0.142. The Bertz CT molecular complexity index is 113. The van der Waals surface area contributed by atoms with Crippen LogP contribution in [0.15, 0.2) is 0 Å². The molecule has 0 heterocycles. The molecule has 0 N–H and O–H groups in total. The standard InChI is InChI=1S/C5H8O3.I2/c1-4(6)3-5(7)8-2;1-2/h3H2,1-2H3;. The quantitative estimate of drug-likeness (QED) is 0.424. The maximum atomic E-state index is 10.2. The summed E-state index contributed by atoms with van der Waals surface area (Å²) in [5.41, 5.74) is 0. The Kier molecular flexibility index (Phi) is 12.7. The summed E-state index contributed by atoms with van der Waals surface area (Å²) < 4.78 is 4.20. The highest BCUT2D eigenvalue weighted by Gasteiger charge is 2.01. The molecule has 0 radical (unpaired) electrons. The van der Waals surface area contributed by atoms with Crippen LogP contribution in [0.1, 0.15) is 13.3 Å². The van der Waals surface area contributed by atoms with Gasteiger partial charge in [-0.05, 0) is 6.92 Å². The van der Waals surface area contributed by atoms with E-state index in [1.807, 2.05) is 0 Å². The lowest BCUT2D eigenvalue weighted by Gasteiger charge is -1.90. The molecule has 0 aliphatic carbocycles. The molecule has 0 saturated heterocycles. The fourth-order valence-corrected chi connectivity index (χ4v) is 0.275. The van der Waals surface area contributed by atoms with Gasteiger partial charge in [0.1, 0.15) is 12.2 Å². The van der Waals surface area contributed by atoms with Crippen molar-refractivity contribution in [3.8, 4) is 0 Å². The number of rotatable bonds is 2. The zero-order valence-corrected chi connectivity index (χ0v) is 10.0. The van der Waals surface area contributed by atoms with Gasteiger partial charge >= 0.3 is 5.97 Å². The number of esters is 1. The van der Waals surface area contributed by atoms with Crippen LogP contribution in [0.2, 0.25) is 0 Å². The molecule has 0 amide bonds. The Morgan fingerprint density at radius 3 is 1.90 bits per heavy atom. The van der Waals surface area contributed by atoms with E-state index in [2.05, 4.69) is 42.0 Å². The van der Waals surface area contributed by atoms with Crippen molar-refractivity contribution >= 4 is 49.0 Å². The van der Waals surface area contributed by atoms with Gasteiger partial charge in [-0.15, -0.1) is 0 Å². The number of ketones is 1. The smallest absolute Gasteiger partial charge is 0.313 e. The van der Waals surface area contributed by atoms with Crippen molar-refractivity contribution in [3.63, 3.8) is 0 Å². The molecule has 0 rings (SSSR count). The second-order valence-corrected chi connectivity index (χ2v) is 1.45. The zero-order valence-electron chi connectivity index (χ0n) is 5.69. The van der Waals surface area contributed by atoms with Crippen molar-refractivity contribution in [2.24, 2.45) is 0 Å². The predicted octanol–water partition coefficient (Wildman–Crippen LogP) is 1.91. The van der Waals surface area contributed by atoms with Gasteiger partial charge in [0, 0.05) is 37.2 Å². The van der Waals surface area contributed by atoms with Crippen LogP contribution in [0, 0.1) is 0 Å². The Balaban J connectivity index is 0. The van der Waals surface area contributed by atoms with Crippen LogP contribution < -0.4 is 0 Å². The van der Waals surface area contributed by atoms with Crippen LogP contribution in [0.25, 0.3) is 0 Å². The van der Waals surface area contributed by atoms with Crippen molar-refractivity contribution < 1.29 is 14.3 Å². The molecule has 0 spiro atoms. The van der Waals surface area contributed by atoms with Crippen molar-refractivity contribution in [2.45, 2.75) is 13.3 Å². The first-order valence-electron chi connectivity index (χ1n) is 2.37. The third-order valence-corrected chi connectivity index (χ3v) is 0.621. The van der Waals surface area contributed by atoms with Gasteiger partial charge < -0.3 is 4.74 Å². The van der Waals surface area contributed by atoms with E-state index in [1.165, 1.54) is 14.0 Å². The molecule has 0 fully saturated rings. The van der Waals surface area contributed by atoms with Crippen LogP contribution in [0.3, 0.4) is 0 Å². The van der Waals surface area contributed by atoms with Gasteiger partial charge in [-0.25, -0.2) is 0 Å². The van der Waals surface area contributed by atoms with E-state index >= 15 is 0 Å². The van der Waals surface area contributed by atoms with Crippen LogP contribution in [-0.4, -0.2) is 18.9 Å². The number of hydrogen-bond acceptors (Lipinski definition) is 3. The topological polar surface area (TPSA) is 43.4 Å². The number of methoxy groups -OCH3 is 1. The lowest BCUT2D eigenvalue weighted by atomic mass is 10.3. The summed E-state index contributed by atoms with van der Waals surface area (Å²) in [6, 6.07) is 0. The number of hydrogen-bond donors (Lipinski definition) is 0. The van der Waals surface area contributed by atoms with E-state index in [0.29, 0.717) is 0 Å². The molecule has 5 heteroatoms. The monoisotopic (exact) mass is 370 g/mol. The van der Waals surface area contributed by atoms with E-state index in [1.54, 1.807) is 0 Å². The molecule has 0 aliphatic rings. The predicted molar refractivity (Wildman–Crippen MR) is 55.4 cm³/mol. The molecule has 0 aliphatic heterocycles. The van der Waals surface area contributed by atoms with E-state index < -0.39 is 5.97 Å². The molecule has 60 valence electrons. The summed E-state index contributed by atoms with van der Waals surface area (Å²) in [5.74, 6) is -0.644. The second-order valence-electron chi connectivity index (χ2n) is 1.45. The third kappa shape index (κ3) is 11.4. The Hall–Kier alpha value is 0.600. The Morgan fingerprint density at radius 2 is 1.80 bits per heavy atom. The number of Topliss-reactive ketones (excluding diaryl/α,β-unsaturated/α-hetero) is 1. The first-order valence-corrected chi connectivity index (χ1v) is 8.66. The maximum absolute atomic E-state index is 10.2. The van der Waals surface area contributed by atoms with Crippen molar-refractivity contribution in [3.05, 3.63) is 0 Å². The Labute approximate surface area is 83.2 Å². The van der Waals surface area contributed by atoms with Gasteiger partial charge in [-0.1, -0.05) is 0 Å². The molecular formula is C5H8I2O3. The molecule has 0 atom stereocenters. The highest BCUT2D eigenvalue weighted by molar-refractivity contribution is 15.0. The van der Waals surface area contributed by atoms with Gasteiger partial charge in [-0.3, -0.25) is 9.59 Å². The highest BCUT2D eigenvalue weighted by Crippen LogP contribution is 1.89. The van der Waals surface area contributed by atoms with E-state index in [4.69, 9.17) is 0 Å². The molecule has 0 unspecified atom stereocenters. The summed E-state index contributed by atoms with van der Waals surface area (Å²) >= 11 is 4.24. The fraction of sp³-hybridized carbons (Fsp3) is 0.600. The van der Waals surface area contributed by atoms with Gasteiger partial charge in [0.15, 0.2) is 0 Å². The largest absolute Gasteiger partial charge is 0.469 e. The molecule has 0 saturated carbocycles. The fourth-order valence-electron chi connectivity index (χ4n) is 0.275. The number of carbonyl (C=O) groups is 2. The molecular weight excluding hydrogens is 362 g/mol. The SMILES string of the molecule is COC(=O)CC(C)=O.II. The van der Waals surface area contributed by atoms with E-state index in [0.717, 1.165) is 0 Å². The van der Waals surface area contributed by atoms with Crippen LogP contribution in [-0.2, 0) is 14.3 Å². The van der Waals surface area contributed by atoms with Gasteiger partial charge in [0.25, 0.3) is 0 Å². The molecule has 10 heavy (non-hydrogen) atoms. The van der Waals surface area contributed by atoms with E-state index in [9.17, 15) is 9.59 Å². The number of halogens is 2. The van der Waals surface area contributed by atoms with Gasteiger partial charge in [-0.2, -0.15) is 0 Å². The minimum absolute atomic E-state index is 0.115. The summed E-state index contributed by atoms with van der Waals surface area (Å²) in [5, 5.41) is 0. The third-order valence-electron chi connectivity index (χ3n) is 0.621. The maximum Gasteiger partial charge on any atom is 0.313 e. The van der Waals surface area contributed by atoms with Crippen LogP contribution >= 0.6 is 37.2 Å². The summed E-state index contributed by atoms with van der Waals surface area (Å²) in [7, 11) is 1.26. The first kappa shape index (κ1) is 13.2. The molecule has 0 bridgehead atoms. The van der Waals surface area contributed by atoms with Gasteiger partial charge in [0.05, 0.1) is 7.11 Å². The summed E-state index contributed by atoms with van der Waals surface area (Å²) in [6.07, 6.45) is -0.115. The minimum atomic E-state index is -0.475. The van der Waals surface area contributed by atoms with Crippen molar-refractivity contribution in [1.82, 2.24) is 0 Å². The van der Waals surface area contributed by atoms with Gasteiger partial charge in [0.2, 0.25) is 0 Å².